The molecule has 0 N–H and O–H groups in total. The highest BCUT2D eigenvalue weighted by molar-refractivity contribution is 7.66. The van der Waals surface area contributed by atoms with E-state index in [4.69, 9.17) is 0 Å². The van der Waals surface area contributed by atoms with Crippen molar-refractivity contribution in [1.29, 1.82) is 0 Å². The highest BCUT2D eigenvalue weighted by atomic mass is 31.1. The van der Waals surface area contributed by atoms with Gasteiger partial charge in [0.15, 0.2) is 17.5 Å². The van der Waals surface area contributed by atoms with E-state index >= 15 is 0 Å². The van der Waals surface area contributed by atoms with Crippen LogP contribution in [0.15, 0.2) is 24.5 Å². The number of imidazole rings is 1. The fraction of sp³-hybridized carbons (Fsp3) is 0.571. The molecule has 1 heterocycles. The lowest BCUT2D eigenvalue weighted by atomic mass is 9.99. The first-order valence-corrected chi connectivity index (χ1v) is 11.6. The first-order valence-electron chi connectivity index (χ1n) is 10.1. The zero-order valence-corrected chi connectivity index (χ0v) is 16.4. The summed E-state index contributed by atoms with van der Waals surface area (Å²) >= 11 is 0. The van der Waals surface area contributed by atoms with Gasteiger partial charge >= 0.3 is 0 Å². The number of hydrogen-bond donors (Lipinski definition) is 0. The van der Waals surface area contributed by atoms with Crippen LogP contribution in [-0.4, -0.2) is 20.9 Å². The fourth-order valence-corrected chi connectivity index (χ4v) is 8.44. The van der Waals surface area contributed by atoms with Crippen LogP contribution in [0.5, 0.6) is 0 Å². The van der Waals surface area contributed by atoms with Gasteiger partial charge in [-0.3, -0.25) is 4.57 Å². The average molecular weight is 394 g/mol. The molecule has 2 aliphatic carbocycles. The number of rotatable bonds is 4. The van der Waals surface area contributed by atoms with Crippen LogP contribution in [0.25, 0.3) is 5.69 Å². The van der Waals surface area contributed by atoms with Crippen LogP contribution in [0.3, 0.4) is 0 Å². The number of aromatic nitrogens is 2. The van der Waals surface area contributed by atoms with Gasteiger partial charge in [0.1, 0.15) is 5.57 Å². The van der Waals surface area contributed by atoms with E-state index in [9.17, 15) is 13.2 Å². The molecule has 0 amide bonds. The molecule has 0 radical (unpaired) electrons. The molecule has 4 rings (SSSR count). The largest absolute Gasteiger partial charge is 0.297 e. The molecule has 2 fully saturated rings. The van der Waals surface area contributed by atoms with Crippen molar-refractivity contribution in [2.45, 2.75) is 75.5 Å². The van der Waals surface area contributed by atoms with E-state index in [1.54, 1.807) is 17.0 Å². The molecule has 2 aliphatic rings. The van der Waals surface area contributed by atoms with Crippen molar-refractivity contribution >= 4 is 13.5 Å². The molecule has 0 spiro atoms. The van der Waals surface area contributed by atoms with Crippen molar-refractivity contribution in [3.63, 3.8) is 0 Å². The van der Waals surface area contributed by atoms with E-state index in [0.717, 1.165) is 11.6 Å². The minimum atomic E-state index is -1.41. The average Bonchev–Trinajstić information content (AvgIpc) is 3.17. The second-order valence-corrected chi connectivity index (χ2v) is 10.5. The Hall–Kier alpha value is -1.35. The van der Waals surface area contributed by atoms with E-state index in [1.807, 2.05) is 0 Å². The van der Waals surface area contributed by atoms with Crippen LogP contribution in [0.4, 0.5) is 13.2 Å². The van der Waals surface area contributed by atoms with E-state index in [0.29, 0.717) is 11.3 Å². The van der Waals surface area contributed by atoms with E-state index < -0.39 is 25.4 Å². The van der Waals surface area contributed by atoms with Gasteiger partial charge in [-0.05, 0) is 57.1 Å². The summed E-state index contributed by atoms with van der Waals surface area (Å²) in [6.07, 6.45) is 15.8. The standard InChI is InChI=1S/C21H26F3N2P/c22-17-11-12-18(20(24)19(17)23)26-14-13-25-21(26)27(15-7-3-1-4-8-15)16-9-5-2-6-10-16/h11-16H,1-10H2. The van der Waals surface area contributed by atoms with Crippen molar-refractivity contribution in [3.05, 3.63) is 42.0 Å². The first kappa shape index (κ1) is 19.0. The summed E-state index contributed by atoms with van der Waals surface area (Å²) in [5.74, 6) is -3.69. The fourth-order valence-electron chi connectivity index (χ4n) is 4.72. The van der Waals surface area contributed by atoms with Gasteiger partial charge in [-0.2, -0.15) is 0 Å². The molecule has 2 aromatic rings. The highest BCUT2D eigenvalue weighted by Gasteiger charge is 2.35. The van der Waals surface area contributed by atoms with Crippen LogP contribution in [0.1, 0.15) is 64.2 Å². The summed E-state index contributed by atoms with van der Waals surface area (Å²) in [6, 6.07) is 2.33. The lowest BCUT2D eigenvalue weighted by Gasteiger charge is -2.38. The summed E-state index contributed by atoms with van der Waals surface area (Å²) < 4.78 is 43.4. The number of nitrogens with zero attached hydrogens (tertiary/aromatic N) is 2. The van der Waals surface area contributed by atoms with Crippen molar-refractivity contribution in [2.24, 2.45) is 0 Å². The van der Waals surface area contributed by atoms with Crippen LogP contribution >= 0.6 is 7.92 Å². The van der Waals surface area contributed by atoms with Gasteiger partial charge < -0.3 is 0 Å². The second-order valence-electron chi connectivity index (χ2n) is 7.78. The van der Waals surface area contributed by atoms with E-state index in [-0.39, 0.29) is 5.69 Å². The zero-order chi connectivity index (χ0) is 18.8. The first-order chi connectivity index (χ1) is 13.2. The van der Waals surface area contributed by atoms with Crippen molar-refractivity contribution in [3.8, 4) is 5.69 Å². The lowest BCUT2D eigenvalue weighted by Crippen LogP contribution is -2.31. The SMILES string of the molecule is Fc1ccc(-n2ccnc2P(C2CCCCC2)C2CCCCC2)c(F)c1F. The van der Waals surface area contributed by atoms with Gasteiger partial charge in [0.2, 0.25) is 0 Å². The molecule has 0 bridgehead atoms. The molecule has 0 atom stereocenters. The van der Waals surface area contributed by atoms with Gasteiger partial charge in [-0.1, -0.05) is 38.5 Å². The summed E-state index contributed by atoms with van der Waals surface area (Å²) in [7, 11) is -0.560. The predicted octanol–water partition coefficient (Wildman–Crippen LogP) is 6.06. The molecule has 6 heteroatoms. The molecule has 2 saturated carbocycles. The maximum absolute atomic E-state index is 14.5. The topological polar surface area (TPSA) is 17.8 Å². The molecule has 0 saturated heterocycles. The summed E-state index contributed by atoms with van der Waals surface area (Å²) in [5.41, 5.74) is 2.16. The number of benzene rings is 1. The Bertz CT molecular complexity index is 762. The van der Waals surface area contributed by atoms with Crippen LogP contribution in [0, 0.1) is 17.5 Å². The second kappa shape index (κ2) is 8.34. The Morgan fingerprint density at radius 1 is 0.815 bits per heavy atom. The molecule has 27 heavy (non-hydrogen) atoms. The van der Waals surface area contributed by atoms with Gasteiger partial charge in [-0.25, -0.2) is 18.2 Å². The van der Waals surface area contributed by atoms with Gasteiger partial charge in [0, 0.05) is 12.4 Å². The Balaban J connectivity index is 1.75. The maximum Gasteiger partial charge on any atom is 0.196 e. The normalized spacial score (nSPS) is 19.7. The Labute approximate surface area is 159 Å². The van der Waals surface area contributed by atoms with Gasteiger partial charge in [0.25, 0.3) is 0 Å². The molecule has 2 nitrogen and oxygen atoms in total. The molecule has 1 aromatic heterocycles. The van der Waals surface area contributed by atoms with Gasteiger partial charge in [0.05, 0.1) is 5.69 Å². The molecule has 0 unspecified atom stereocenters. The number of hydrogen-bond acceptors (Lipinski definition) is 1. The Morgan fingerprint density at radius 2 is 1.41 bits per heavy atom. The predicted molar refractivity (Wildman–Crippen MR) is 104 cm³/mol. The van der Waals surface area contributed by atoms with Crippen molar-refractivity contribution in [2.75, 3.05) is 0 Å². The van der Waals surface area contributed by atoms with E-state index in [1.165, 1.54) is 70.3 Å². The van der Waals surface area contributed by atoms with E-state index in [2.05, 4.69) is 4.98 Å². The maximum atomic E-state index is 14.5. The van der Waals surface area contributed by atoms with Crippen molar-refractivity contribution in [1.82, 2.24) is 9.55 Å². The van der Waals surface area contributed by atoms with Gasteiger partial charge in [-0.15, -0.1) is 0 Å². The summed E-state index contributed by atoms with van der Waals surface area (Å²) in [5, 5.41) is 0. The van der Waals surface area contributed by atoms with Crippen LogP contribution in [0.2, 0.25) is 0 Å². The Morgan fingerprint density at radius 3 is 2.00 bits per heavy atom. The summed E-state index contributed by atoms with van der Waals surface area (Å²) in [6.45, 7) is 0. The molecular weight excluding hydrogens is 368 g/mol. The molecular formula is C21H26F3N2P. The van der Waals surface area contributed by atoms with Crippen LogP contribution in [-0.2, 0) is 0 Å². The highest BCUT2D eigenvalue weighted by Crippen LogP contribution is 2.54. The third kappa shape index (κ3) is 3.81. The quantitative estimate of drug-likeness (QED) is 0.455. The van der Waals surface area contributed by atoms with Crippen LogP contribution < -0.4 is 5.57 Å². The zero-order valence-electron chi connectivity index (χ0n) is 15.5. The third-order valence-electron chi connectivity index (χ3n) is 6.06. The van der Waals surface area contributed by atoms with Crippen molar-refractivity contribution < 1.29 is 13.2 Å². The third-order valence-corrected chi connectivity index (χ3v) is 9.46. The smallest absolute Gasteiger partial charge is 0.196 e. The Kier molecular flexibility index (Phi) is 5.87. The molecule has 0 aliphatic heterocycles. The molecule has 146 valence electrons. The minimum Gasteiger partial charge on any atom is -0.297 e. The molecule has 1 aromatic carbocycles. The number of halogens is 3. The summed E-state index contributed by atoms with van der Waals surface area (Å²) in [4.78, 5) is 4.65. The lowest BCUT2D eigenvalue weighted by molar-refractivity contribution is 0.445. The minimum absolute atomic E-state index is 0.0699. The monoisotopic (exact) mass is 394 g/mol.